The van der Waals surface area contributed by atoms with Crippen LogP contribution in [0.15, 0.2) is 0 Å². The van der Waals surface area contributed by atoms with Gasteiger partial charge in [-0.15, -0.1) is 0 Å². The predicted molar refractivity (Wildman–Crippen MR) is 52.8 cm³/mol. The summed E-state index contributed by atoms with van der Waals surface area (Å²) >= 11 is 0. The molecule has 0 bridgehead atoms. The molecule has 1 saturated heterocycles. The number of rotatable bonds is 3. The second-order valence-corrected chi connectivity index (χ2v) is 6.44. The van der Waals surface area contributed by atoms with Crippen molar-refractivity contribution in [3.05, 3.63) is 0 Å². The van der Waals surface area contributed by atoms with Crippen molar-refractivity contribution >= 4 is 15.6 Å². The third-order valence-electron chi connectivity index (χ3n) is 2.78. The summed E-state index contributed by atoms with van der Waals surface area (Å²) < 4.78 is 22.6. The molecule has 2 aliphatic rings. The average Bonchev–Trinajstić information content (AvgIpc) is 2.83. The number of carbonyl (C=O) groups excluding carboxylic acids is 1. The maximum Gasteiger partial charge on any atom is 0.153 e. The highest BCUT2D eigenvalue weighted by Gasteiger charge is 2.33. The van der Waals surface area contributed by atoms with E-state index in [9.17, 15) is 13.2 Å². The molecular formula is C9H15NO3S. The average molecular weight is 217 g/mol. The Bertz CT molecular complexity index is 332. The van der Waals surface area contributed by atoms with Gasteiger partial charge in [-0.1, -0.05) is 0 Å². The molecule has 1 N–H and O–H groups in total. The second kappa shape index (κ2) is 3.62. The first-order valence-electron chi connectivity index (χ1n) is 5.03. The van der Waals surface area contributed by atoms with Crippen molar-refractivity contribution in [2.45, 2.75) is 25.3 Å². The Morgan fingerprint density at radius 2 is 2.07 bits per heavy atom. The van der Waals surface area contributed by atoms with Crippen LogP contribution in [0.1, 0.15) is 19.3 Å². The van der Waals surface area contributed by atoms with Crippen LogP contribution in [-0.2, 0) is 14.6 Å². The highest BCUT2D eigenvalue weighted by atomic mass is 32.2. The van der Waals surface area contributed by atoms with Crippen LogP contribution in [0.4, 0.5) is 0 Å². The van der Waals surface area contributed by atoms with Gasteiger partial charge in [-0.3, -0.25) is 4.79 Å². The Balaban J connectivity index is 1.88. The first-order valence-corrected chi connectivity index (χ1v) is 6.85. The lowest BCUT2D eigenvalue weighted by Crippen LogP contribution is -2.46. The van der Waals surface area contributed by atoms with E-state index in [1.165, 1.54) is 0 Å². The first-order chi connectivity index (χ1) is 6.57. The lowest BCUT2D eigenvalue weighted by molar-refractivity contribution is -0.120. The molecule has 0 amide bonds. The monoisotopic (exact) mass is 217 g/mol. The minimum atomic E-state index is -2.90. The van der Waals surface area contributed by atoms with Crippen LogP contribution in [0.2, 0.25) is 0 Å². The molecular weight excluding hydrogens is 202 g/mol. The third kappa shape index (κ3) is 2.54. The second-order valence-electron chi connectivity index (χ2n) is 4.21. The number of hydrogen-bond acceptors (Lipinski definition) is 4. The zero-order valence-corrected chi connectivity index (χ0v) is 8.85. The highest BCUT2D eigenvalue weighted by Crippen LogP contribution is 2.31. The van der Waals surface area contributed by atoms with Crippen LogP contribution in [0.3, 0.4) is 0 Å². The lowest BCUT2D eigenvalue weighted by atomic mass is 10.1. The molecule has 14 heavy (non-hydrogen) atoms. The number of sulfone groups is 1. The van der Waals surface area contributed by atoms with Crippen LogP contribution in [0.25, 0.3) is 0 Å². The van der Waals surface area contributed by atoms with Gasteiger partial charge in [-0.2, -0.15) is 0 Å². The van der Waals surface area contributed by atoms with E-state index >= 15 is 0 Å². The van der Waals surface area contributed by atoms with Crippen LogP contribution < -0.4 is 5.32 Å². The van der Waals surface area contributed by atoms with Gasteiger partial charge in [0.1, 0.15) is 5.78 Å². The Labute approximate surface area is 84.0 Å². The van der Waals surface area contributed by atoms with Gasteiger partial charge in [-0.05, 0) is 12.8 Å². The van der Waals surface area contributed by atoms with E-state index in [4.69, 9.17) is 0 Å². The largest absolute Gasteiger partial charge is 0.312 e. The van der Waals surface area contributed by atoms with Gasteiger partial charge in [-0.25, -0.2) is 8.42 Å². The number of nitrogens with one attached hydrogen (secondary N) is 1. The molecule has 1 saturated carbocycles. The van der Waals surface area contributed by atoms with Gasteiger partial charge < -0.3 is 5.32 Å². The fraction of sp³-hybridized carbons (Fsp3) is 0.889. The van der Waals surface area contributed by atoms with Crippen molar-refractivity contribution in [3.63, 3.8) is 0 Å². The van der Waals surface area contributed by atoms with E-state index in [2.05, 4.69) is 5.32 Å². The van der Waals surface area contributed by atoms with Crippen molar-refractivity contribution in [2.24, 2.45) is 5.92 Å². The quantitative estimate of drug-likeness (QED) is 0.707. The lowest BCUT2D eigenvalue weighted by Gasteiger charge is -2.22. The number of Topliss-reactive ketones (excluding diaryl/α,β-unsaturated/α-hetero) is 1. The highest BCUT2D eigenvalue weighted by molar-refractivity contribution is 7.91. The molecule has 0 aromatic heterocycles. The van der Waals surface area contributed by atoms with Gasteiger partial charge in [0.05, 0.1) is 11.5 Å². The molecule has 1 heterocycles. The molecule has 80 valence electrons. The summed E-state index contributed by atoms with van der Waals surface area (Å²) in [5.74, 6) is 0.813. The summed E-state index contributed by atoms with van der Waals surface area (Å²) in [6.07, 6.45) is 2.39. The van der Waals surface area contributed by atoms with Crippen LogP contribution in [0.5, 0.6) is 0 Å². The van der Waals surface area contributed by atoms with E-state index in [-0.39, 0.29) is 29.2 Å². The summed E-state index contributed by atoms with van der Waals surface area (Å²) in [4.78, 5) is 11.4. The summed E-state index contributed by atoms with van der Waals surface area (Å²) in [6.45, 7) is 0.491. The molecule has 5 heteroatoms. The van der Waals surface area contributed by atoms with Gasteiger partial charge in [0.25, 0.3) is 0 Å². The van der Waals surface area contributed by atoms with Gasteiger partial charge in [0.2, 0.25) is 0 Å². The van der Waals surface area contributed by atoms with E-state index in [1.54, 1.807) is 0 Å². The number of carbonyl (C=O) groups is 1. The summed E-state index contributed by atoms with van der Waals surface area (Å²) in [6, 6.07) is -0.137. The molecule has 1 aliphatic heterocycles. The molecule has 1 atom stereocenters. The van der Waals surface area contributed by atoms with Gasteiger partial charge in [0, 0.05) is 24.9 Å². The standard InChI is InChI=1S/C9H15NO3S/c11-9(7-1-2-7)5-8-6-14(12,13)4-3-10-8/h7-8,10H,1-6H2. The van der Waals surface area contributed by atoms with Crippen molar-refractivity contribution in [3.8, 4) is 0 Å². The van der Waals surface area contributed by atoms with E-state index in [0.29, 0.717) is 13.0 Å². The van der Waals surface area contributed by atoms with Crippen molar-refractivity contribution in [1.29, 1.82) is 0 Å². The number of ketones is 1. The summed E-state index contributed by atoms with van der Waals surface area (Å²) in [5, 5.41) is 3.09. The normalized spacial score (nSPS) is 31.3. The topological polar surface area (TPSA) is 63.2 Å². The van der Waals surface area contributed by atoms with Crippen LogP contribution in [0, 0.1) is 5.92 Å². The summed E-state index contributed by atoms with van der Waals surface area (Å²) in [5.41, 5.74) is 0. The van der Waals surface area contributed by atoms with Crippen molar-refractivity contribution in [1.82, 2.24) is 5.32 Å². The van der Waals surface area contributed by atoms with Gasteiger partial charge >= 0.3 is 0 Å². The molecule has 0 radical (unpaired) electrons. The molecule has 1 unspecified atom stereocenters. The summed E-state index contributed by atoms with van der Waals surface area (Å²) in [7, 11) is -2.90. The maximum absolute atomic E-state index is 11.4. The smallest absolute Gasteiger partial charge is 0.153 e. The van der Waals surface area contributed by atoms with Crippen LogP contribution >= 0.6 is 0 Å². The predicted octanol–water partition coefficient (Wildman–Crippen LogP) is -0.258. The zero-order valence-electron chi connectivity index (χ0n) is 8.03. The molecule has 4 nitrogen and oxygen atoms in total. The van der Waals surface area contributed by atoms with Crippen LogP contribution in [-0.4, -0.2) is 38.3 Å². The van der Waals surface area contributed by atoms with E-state index in [1.807, 2.05) is 0 Å². The first kappa shape index (κ1) is 10.1. The molecule has 0 spiro atoms. The fourth-order valence-electron chi connectivity index (χ4n) is 1.81. The Kier molecular flexibility index (Phi) is 2.62. The minimum Gasteiger partial charge on any atom is -0.312 e. The Morgan fingerprint density at radius 3 is 2.64 bits per heavy atom. The minimum absolute atomic E-state index is 0.130. The van der Waals surface area contributed by atoms with Crippen molar-refractivity contribution in [2.75, 3.05) is 18.1 Å². The van der Waals surface area contributed by atoms with Gasteiger partial charge in [0.15, 0.2) is 9.84 Å². The molecule has 2 rings (SSSR count). The fourth-order valence-corrected chi connectivity index (χ4v) is 3.26. The molecule has 1 aliphatic carbocycles. The van der Waals surface area contributed by atoms with E-state index in [0.717, 1.165) is 12.8 Å². The zero-order chi connectivity index (χ0) is 10.2. The maximum atomic E-state index is 11.4. The number of hydrogen-bond donors (Lipinski definition) is 1. The Morgan fingerprint density at radius 1 is 1.36 bits per heavy atom. The Hall–Kier alpha value is -0.420. The molecule has 2 fully saturated rings. The van der Waals surface area contributed by atoms with Crippen molar-refractivity contribution < 1.29 is 13.2 Å². The SMILES string of the molecule is O=C(CC1CS(=O)(=O)CCN1)C1CC1. The molecule has 0 aromatic carbocycles. The van der Waals surface area contributed by atoms with E-state index < -0.39 is 9.84 Å². The third-order valence-corrected chi connectivity index (χ3v) is 4.52. The molecule has 0 aromatic rings.